The van der Waals surface area contributed by atoms with E-state index in [0.29, 0.717) is 22.1 Å². The van der Waals surface area contributed by atoms with Gasteiger partial charge >= 0.3 is 0 Å². The van der Waals surface area contributed by atoms with Gasteiger partial charge in [-0.3, -0.25) is 4.79 Å². The van der Waals surface area contributed by atoms with Crippen molar-refractivity contribution >= 4 is 34.1 Å². The lowest BCUT2D eigenvalue weighted by Crippen LogP contribution is -2.13. The molecule has 1 amide bonds. The predicted molar refractivity (Wildman–Crippen MR) is 112 cm³/mol. The SMILES string of the molecule is O=C(CSc1nnc(COc2ccc(F)cc2)o1)Nc1nc(-c2ccc(F)c(F)c2)cs1. The molecule has 0 bridgehead atoms. The van der Waals surface area contributed by atoms with Crippen molar-refractivity contribution in [2.45, 2.75) is 11.8 Å². The second-order valence-electron chi connectivity index (χ2n) is 6.21. The summed E-state index contributed by atoms with van der Waals surface area (Å²) in [5, 5.41) is 12.4. The summed E-state index contributed by atoms with van der Waals surface area (Å²) in [6.07, 6.45) is 0. The van der Waals surface area contributed by atoms with E-state index in [1.807, 2.05) is 0 Å². The van der Waals surface area contributed by atoms with E-state index < -0.39 is 11.6 Å². The quantitative estimate of drug-likeness (QED) is 0.360. The number of hydrogen-bond donors (Lipinski definition) is 1. The van der Waals surface area contributed by atoms with Gasteiger partial charge in [0.05, 0.1) is 11.4 Å². The number of nitrogens with one attached hydrogen (secondary N) is 1. The van der Waals surface area contributed by atoms with Crippen molar-refractivity contribution in [2.75, 3.05) is 11.1 Å². The molecule has 1 N–H and O–H groups in total. The lowest BCUT2D eigenvalue weighted by atomic mass is 10.2. The van der Waals surface area contributed by atoms with Gasteiger partial charge < -0.3 is 14.5 Å². The number of carbonyl (C=O) groups excluding carboxylic acids is 1. The van der Waals surface area contributed by atoms with E-state index in [1.54, 1.807) is 5.38 Å². The van der Waals surface area contributed by atoms with Gasteiger partial charge in [0.25, 0.3) is 11.1 Å². The number of thiazole rings is 1. The smallest absolute Gasteiger partial charge is 0.277 e. The van der Waals surface area contributed by atoms with Crippen LogP contribution in [0.2, 0.25) is 0 Å². The van der Waals surface area contributed by atoms with E-state index in [4.69, 9.17) is 9.15 Å². The number of thioether (sulfide) groups is 1. The normalized spacial score (nSPS) is 10.8. The molecule has 2 aromatic carbocycles. The Kier molecular flexibility index (Phi) is 6.71. The first-order valence-corrected chi connectivity index (χ1v) is 10.9. The number of nitrogens with zero attached hydrogens (tertiary/aromatic N) is 3. The van der Waals surface area contributed by atoms with Crippen molar-refractivity contribution in [1.29, 1.82) is 0 Å². The fourth-order valence-electron chi connectivity index (χ4n) is 2.43. The van der Waals surface area contributed by atoms with Gasteiger partial charge in [-0.1, -0.05) is 11.8 Å². The Balaban J connectivity index is 1.26. The van der Waals surface area contributed by atoms with E-state index in [2.05, 4.69) is 20.5 Å². The van der Waals surface area contributed by atoms with Crippen LogP contribution in [-0.2, 0) is 11.4 Å². The zero-order valence-corrected chi connectivity index (χ0v) is 17.7. The van der Waals surface area contributed by atoms with Crippen LogP contribution in [0.5, 0.6) is 5.75 Å². The highest BCUT2D eigenvalue weighted by Gasteiger charge is 2.13. The molecule has 12 heteroatoms. The van der Waals surface area contributed by atoms with Crippen LogP contribution in [0.4, 0.5) is 18.3 Å². The summed E-state index contributed by atoms with van der Waals surface area (Å²) in [5.41, 5.74) is 0.816. The fraction of sp³-hybridized carbons (Fsp3) is 0.100. The molecule has 0 atom stereocenters. The number of halogens is 3. The van der Waals surface area contributed by atoms with Gasteiger partial charge in [-0.05, 0) is 42.5 Å². The minimum atomic E-state index is -0.973. The molecule has 0 spiro atoms. The molecule has 4 rings (SSSR count). The van der Waals surface area contributed by atoms with Gasteiger partial charge in [0.1, 0.15) is 11.6 Å². The van der Waals surface area contributed by atoms with Crippen LogP contribution < -0.4 is 10.1 Å². The Morgan fingerprint density at radius 2 is 1.91 bits per heavy atom. The molecule has 0 aliphatic rings. The van der Waals surface area contributed by atoms with Gasteiger partial charge in [0.15, 0.2) is 23.4 Å². The molecule has 0 aliphatic carbocycles. The van der Waals surface area contributed by atoms with E-state index in [9.17, 15) is 18.0 Å². The molecule has 4 aromatic rings. The maximum absolute atomic E-state index is 13.4. The maximum atomic E-state index is 13.4. The van der Waals surface area contributed by atoms with Crippen molar-refractivity contribution < 1.29 is 27.1 Å². The van der Waals surface area contributed by atoms with Crippen LogP contribution in [0.15, 0.2) is 57.5 Å². The van der Waals surface area contributed by atoms with Crippen LogP contribution in [0.25, 0.3) is 11.3 Å². The summed E-state index contributed by atoms with van der Waals surface area (Å²) in [6, 6.07) is 8.95. The summed E-state index contributed by atoms with van der Waals surface area (Å²) in [6.45, 7) is -0.00272. The van der Waals surface area contributed by atoms with Gasteiger partial charge in [0.2, 0.25) is 5.91 Å². The third kappa shape index (κ3) is 5.65. The molecule has 0 saturated carbocycles. The van der Waals surface area contributed by atoms with E-state index in [-0.39, 0.29) is 35.2 Å². The summed E-state index contributed by atoms with van der Waals surface area (Å²) < 4.78 is 50.1. The van der Waals surface area contributed by atoms with Crippen molar-refractivity contribution in [3.05, 3.63) is 71.2 Å². The van der Waals surface area contributed by atoms with Crippen LogP contribution in [0.3, 0.4) is 0 Å². The number of benzene rings is 2. The monoisotopic (exact) mass is 478 g/mol. The lowest BCUT2D eigenvalue weighted by molar-refractivity contribution is -0.113. The molecule has 7 nitrogen and oxygen atoms in total. The molecule has 32 heavy (non-hydrogen) atoms. The van der Waals surface area contributed by atoms with Gasteiger partial charge in [-0.25, -0.2) is 18.2 Å². The van der Waals surface area contributed by atoms with Gasteiger partial charge in [0, 0.05) is 10.9 Å². The Morgan fingerprint density at radius 3 is 2.69 bits per heavy atom. The van der Waals surface area contributed by atoms with Crippen molar-refractivity contribution in [2.24, 2.45) is 0 Å². The number of carbonyl (C=O) groups is 1. The maximum Gasteiger partial charge on any atom is 0.277 e. The van der Waals surface area contributed by atoms with Crippen LogP contribution >= 0.6 is 23.1 Å². The number of ether oxygens (including phenoxy) is 1. The third-order valence-electron chi connectivity index (χ3n) is 3.92. The molecule has 164 valence electrons. The molecule has 0 aliphatic heterocycles. The second-order valence-corrected chi connectivity index (χ2v) is 7.99. The molecular weight excluding hydrogens is 465 g/mol. The summed E-state index contributed by atoms with van der Waals surface area (Å²) in [4.78, 5) is 16.4. The Labute approximate surface area is 187 Å². The van der Waals surface area contributed by atoms with Crippen molar-refractivity contribution in [3.63, 3.8) is 0 Å². The highest BCUT2D eigenvalue weighted by Crippen LogP contribution is 2.26. The number of aromatic nitrogens is 3. The third-order valence-corrected chi connectivity index (χ3v) is 5.49. The predicted octanol–water partition coefficient (Wildman–Crippen LogP) is 4.92. The average Bonchev–Trinajstić information content (AvgIpc) is 3.43. The summed E-state index contributed by atoms with van der Waals surface area (Å²) >= 11 is 2.18. The van der Waals surface area contributed by atoms with Crippen molar-refractivity contribution in [3.8, 4) is 17.0 Å². The van der Waals surface area contributed by atoms with Crippen LogP contribution in [0.1, 0.15) is 5.89 Å². The van der Waals surface area contributed by atoms with Gasteiger partial charge in [-0.2, -0.15) is 0 Å². The van der Waals surface area contributed by atoms with E-state index >= 15 is 0 Å². The van der Waals surface area contributed by atoms with Crippen LogP contribution in [0, 0.1) is 17.5 Å². The summed E-state index contributed by atoms with van der Waals surface area (Å²) in [5.74, 6) is -2.01. The first-order chi connectivity index (χ1) is 15.5. The number of anilines is 1. The van der Waals surface area contributed by atoms with E-state index in [0.717, 1.165) is 35.2 Å². The zero-order valence-electron chi connectivity index (χ0n) is 16.0. The first kappa shape index (κ1) is 21.8. The Morgan fingerprint density at radius 1 is 1.09 bits per heavy atom. The van der Waals surface area contributed by atoms with Crippen molar-refractivity contribution in [1.82, 2.24) is 15.2 Å². The van der Waals surface area contributed by atoms with E-state index in [1.165, 1.54) is 30.3 Å². The Bertz CT molecular complexity index is 1230. The molecule has 0 unspecified atom stereocenters. The first-order valence-electron chi connectivity index (χ1n) is 9.00. The average molecular weight is 478 g/mol. The molecule has 0 saturated heterocycles. The lowest BCUT2D eigenvalue weighted by Gasteiger charge is -2.02. The second kappa shape index (κ2) is 9.83. The molecule has 0 fully saturated rings. The molecule has 2 aromatic heterocycles. The number of amides is 1. The molecule has 0 radical (unpaired) electrons. The number of rotatable bonds is 8. The zero-order chi connectivity index (χ0) is 22.5. The Hall–Kier alpha value is -3.38. The highest BCUT2D eigenvalue weighted by atomic mass is 32.2. The van der Waals surface area contributed by atoms with Gasteiger partial charge in [-0.15, -0.1) is 21.5 Å². The largest absolute Gasteiger partial charge is 0.484 e. The molecule has 2 heterocycles. The topological polar surface area (TPSA) is 90.1 Å². The molecular formula is C20H13F3N4O3S2. The highest BCUT2D eigenvalue weighted by molar-refractivity contribution is 7.99. The minimum Gasteiger partial charge on any atom is -0.484 e. The minimum absolute atomic E-state index is 0.00272. The van der Waals surface area contributed by atoms with Crippen LogP contribution in [-0.4, -0.2) is 26.8 Å². The standard InChI is InChI=1S/C20H13F3N4O3S2/c21-12-2-4-13(5-3-12)29-8-18-26-27-20(30-18)32-10-17(28)25-19-24-16(9-31-19)11-1-6-14(22)15(23)7-11/h1-7,9H,8,10H2,(H,24,25,28). The number of hydrogen-bond acceptors (Lipinski definition) is 8. The fourth-order valence-corrected chi connectivity index (χ4v) is 3.75. The summed E-state index contributed by atoms with van der Waals surface area (Å²) in [7, 11) is 0.